The molecule has 4 rings (SSSR count). The van der Waals surface area contributed by atoms with Crippen molar-refractivity contribution in [2.24, 2.45) is 0 Å². The van der Waals surface area contributed by atoms with Crippen molar-refractivity contribution in [3.63, 3.8) is 0 Å². The molecule has 7 nitrogen and oxygen atoms in total. The zero-order chi connectivity index (χ0) is 27.8. The van der Waals surface area contributed by atoms with Gasteiger partial charge in [0.25, 0.3) is 11.3 Å². The lowest BCUT2D eigenvalue weighted by atomic mass is 10.0. The van der Waals surface area contributed by atoms with Crippen molar-refractivity contribution in [1.29, 1.82) is 0 Å². The minimum absolute atomic E-state index is 0.0910. The lowest BCUT2D eigenvalue weighted by molar-refractivity contribution is -0.146. The number of aromatic nitrogens is 2. The Kier molecular flexibility index (Phi) is 9.12. The van der Waals surface area contributed by atoms with Crippen LogP contribution in [0.4, 0.5) is 0 Å². The van der Waals surface area contributed by atoms with Crippen LogP contribution in [0.25, 0.3) is 5.76 Å². The number of aliphatic carboxylic acids is 1. The quantitative estimate of drug-likeness (QED) is 0.0770. The van der Waals surface area contributed by atoms with Crippen LogP contribution in [0.2, 0.25) is 0 Å². The van der Waals surface area contributed by atoms with Gasteiger partial charge < -0.3 is 15.2 Å². The monoisotopic (exact) mass is 540 g/mol. The average Bonchev–Trinajstić information content (AvgIpc) is 2.93. The SMILES string of the molecule is CCc1c(Cc2ccccc2)nc(SCc2ccc(Cc3cccc(/C(O)=C/C(=O)C(=O)O)c3)cc2)[nH]c1=O. The predicted octanol–water partition coefficient (Wildman–Crippen LogP) is 5.36. The van der Waals surface area contributed by atoms with Crippen LogP contribution in [0.1, 0.15) is 46.0 Å². The minimum atomic E-state index is -1.62. The number of carboxylic acid groups (broad SMARTS) is 1. The van der Waals surface area contributed by atoms with E-state index in [0.717, 1.165) is 27.9 Å². The number of aliphatic hydroxyl groups excluding tert-OH is 1. The number of carbonyl (C=O) groups is 2. The number of ketones is 1. The molecule has 0 fully saturated rings. The molecule has 198 valence electrons. The maximum absolute atomic E-state index is 12.7. The van der Waals surface area contributed by atoms with E-state index in [2.05, 4.69) is 4.98 Å². The number of H-pyrrole nitrogens is 1. The standard InChI is InChI=1S/C31H28N2O5S/c1-2-25-26(17-20-7-4-3-5-8-20)32-31(33-29(25)36)39-19-22-13-11-21(12-14-22)15-23-9-6-10-24(16-23)27(34)18-28(35)30(37)38/h3-14,16,18,34H,2,15,17,19H2,1H3,(H,37,38)(H,32,33,36)/b27-18-. The Balaban J connectivity index is 1.41. The van der Waals surface area contributed by atoms with Crippen LogP contribution in [0.15, 0.2) is 94.9 Å². The number of benzene rings is 3. The first-order valence-electron chi connectivity index (χ1n) is 12.5. The Morgan fingerprint density at radius 2 is 1.54 bits per heavy atom. The number of carboxylic acids is 1. The van der Waals surface area contributed by atoms with Crippen molar-refractivity contribution in [1.82, 2.24) is 9.97 Å². The van der Waals surface area contributed by atoms with Crippen LogP contribution in [-0.4, -0.2) is 31.9 Å². The molecule has 0 aliphatic carbocycles. The summed E-state index contributed by atoms with van der Waals surface area (Å²) in [7, 11) is 0. The highest BCUT2D eigenvalue weighted by Gasteiger charge is 2.13. The number of rotatable bonds is 11. The molecule has 0 saturated heterocycles. The van der Waals surface area contributed by atoms with Gasteiger partial charge in [-0.1, -0.05) is 91.5 Å². The lowest BCUT2D eigenvalue weighted by Crippen LogP contribution is -2.18. The van der Waals surface area contributed by atoms with E-state index in [-0.39, 0.29) is 11.3 Å². The van der Waals surface area contributed by atoms with Gasteiger partial charge in [-0.2, -0.15) is 0 Å². The van der Waals surface area contributed by atoms with E-state index >= 15 is 0 Å². The first kappa shape index (κ1) is 27.6. The number of nitrogens with one attached hydrogen (secondary N) is 1. The molecule has 1 heterocycles. The van der Waals surface area contributed by atoms with E-state index in [9.17, 15) is 19.5 Å². The highest BCUT2D eigenvalue weighted by molar-refractivity contribution is 7.98. The maximum atomic E-state index is 12.7. The summed E-state index contributed by atoms with van der Waals surface area (Å²) >= 11 is 1.48. The molecule has 0 saturated carbocycles. The smallest absolute Gasteiger partial charge is 0.376 e. The zero-order valence-electron chi connectivity index (χ0n) is 21.4. The van der Waals surface area contributed by atoms with Crippen LogP contribution in [0.3, 0.4) is 0 Å². The van der Waals surface area contributed by atoms with Gasteiger partial charge in [0.15, 0.2) is 5.16 Å². The van der Waals surface area contributed by atoms with Crippen molar-refractivity contribution >= 4 is 29.3 Å². The highest BCUT2D eigenvalue weighted by Crippen LogP contribution is 2.22. The molecule has 0 atom stereocenters. The van der Waals surface area contributed by atoms with Crippen molar-refractivity contribution in [2.45, 2.75) is 37.1 Å². The molecule has 0 amide bonds. The Bertz CT molecular complexity index is 1560. The first-order chi connectivity index (χ1) is 18.8. The number of carbonyl (C=O) groups excluding carboxylic acids is 1. The molecule has 0 radical (unpaired) electrons. The number of hydrogen-bond donors (Lipinski definition) is 3. The van der Waals surface area contributed by atoms with Crippen molar-refractivity contribution < 1.29 is 19.8 Å². The number of hydrogen-bond acceptors (Lipinski definition) is 6. The Labute approximate surface area is 230 Å². The van der Waals surface area contributed by atoms with Crippen LogP contribution in [0.5, 0.6) is 0 Å². The molecule has 39 heavy (non-hydrogen) atoms. The third-order valence-electron chi connectivity index (χ3n) is 6.16. The van der Waals surface area contributed by atoms with Gasteiger partial charge in [-0.05, 0) is 41.2 Å². The fourth-order valence-corrected chi connectivity index (χ4v) is 4.98. The molecular formula is C31H28N2O5S. The fourth-order valence-electron chi connectivity index (χ4n) is 4.14. The Morgan fingerprint density at radius 3 is 2.23 bits per heavy atom. The van der Waals surface area contributed by atoms with Crippen molar-refractivity contribution in [3.05, 3.63) is 134 Å². The van der Waals surface area contributed by atoms with E-state index < -0.39 is 11.8 Å². The Morgan fingerprint density at radius 1 is 0.872 bits per heavy atom. The van der Waals surface area contributed by atoms with Gasteiger partial charge >= 0.3 is 5.97 Å². The van der Waals surface area contributed by atoms with E-state index in [4.69, 9.17) is 10.1 Å². The molecule has 8 heteroatoms. The second kappa shape index (κ2) is 12.9. The third-order valence-corrected chi connectivity index (χ3v) is 7.10. The van der Waals surface area contributed by atoms with Gasteiger partial charge in [-0.3, -0.25) is 9.59 Å². The Hall–Kier alpha value is -4.43. The minimum Gasteiger partial charge on any atom is -0.507 e. The van der Waals surface area contributed by atoms with Crippen molar-refractivity contribution in [2.75, 3.05) is 0 Å². The summed E-state index contributed by atoms with van der Waals surface area (Å²) in [6, 6.07) is 25.1. The normalized spacial score (nSPS) is 11.4. The molecular weight excluding hydrogens is 512 g/mol. The zero-order valence-corrected chi connectivity index (χ0v) is 22.2. The van der Waals surface area contributed by atoms with E-state index in [1.807, 2.05) is 67.6 Å². The van der Waals surface area contributed by atoms with E-state index in [0.29, 0.717) is 47.4 Å². The lowest BCUT2D eigenvalue weighted by Gasteiger charge is -2.10. The average molecular weight is 541 g/mol. The van der Waals surface area contributed by atoms with Gasteiger partial charge in [-0.15, -0.1) is 0 Å². The van der Waals surface area contributed by atoms with Crippen molar-refractivity contribution in [3.8, 4) is 0 Å². The molecule has 0 unspecified atom stereocenters. The van der Waals surface area contributed by atoms with Crippen LogP contribution < -0.4 is 5.56 Å². The highest BCUT2D eigenvalue weighted by atomic mass is 32.2. The predicted molar refractivity (Wildman–Crippen MR) is 152 cm³/mol. The van der Waals surface area contributed by atoms with Gasteiger partial charge in [0.05, 0.1) is 5.69 Å². The first-order valence-corrected chi connectivity index (χ1v) is 13.4. The summed E-state index contributed by atoms with van der Waals surface area (Å²) in [6.45, 7) is 1.96. The largest absolute Gasteiger partial charge is 0.507 e. The van der Waals surface area contributed by atoms with Gasteiger partial charge in [0, 0.05) is 29.4 Å². The molecule has 4 aromatic rings. The third kappa shape index (κ3) is 7.55. The topological polar surface area (TPSA) is 120 Å². The number of nitrogens with zero attached hydrogens (tertiary/aromatic N) is 1. The summed E-state index contributed by atoms with van der Waals surface area (Å²) in [6.07, 6.45) is 2.53. The van der Waals surface area contributed by atoms with Gasteiger partial charge in [0.1, 0.15) is 5.76 Å². The molecule has 0 aliphatic heterocycles. The molecule has 0 spiro atoms. The fraction of sp³-hybridized carbons (Fsp3) is 0.161. The number of thioether (sulfide) groups is 1. The van der Waals surface area contributed by atoms with E-state index in [1.165, 1.54) is 11.8 Å². The maximum Gasteiger partial charge on any atom is 0.376 e. The molecule has 3 aromatic carbocycles. The summed E-state index contributed by atoms with van der Waals surface area (Å²) < 4.78 is 0. The molecule has 1 aromatic heterocycles. The summed E-state index contributed by atoms with van der Waals surface area (Å²) in [5, 5.41) is 19.4. The second-order valence-corrected chi connectivity index (χ2v) is 9.96. The van der Waals surface area contributed by atoms with Gasteiger partial charge in [0.2, 0.25) is 0 Å². The van der Waals surface area contributed by atoms with Gasteiger partial charge in [-0.25, -0.2) is 9.78 Å². The summed E-state index contributed by atoms with van der Waals surface area (Å²) in [5.41, 5.74) is 5.95. The summed E-state index contributed by atoms with van der Waals surface area (Å²) in [5.74, 6) is -2.55. The van der Waals surface area contributed by atoms with Crippen LogP contribution in [0, 0.1) is 0 Å². The number of aliphatic hydroxyl groups is 1. The number of aromatic amines is 1. The van der Waals surface area contributed by atoms with Crippen LogP contribution >= 0.6 is 11.8 Å². The molecule has 0 aliphatic rings. The molecule has 3 N–H and O–H groups in total. The second-order valence-electron chi connectivity index (χ2n) is 8.99. The molecule has 0 bridgehead atoms. The van der Waals surface area contributed by atoms with E-state index in [1.54, 1.807) is 18.2 Å². The van der Waals surface area contributed by atoms with Crippen LogP contribution in [-0.2, 0) is 34.6 Å². The summed E-state index contributed by atoms with van der Waals surface area (Å²) in [4.78, 5) is 42.5.